The molecular weight excluding hydrogens is 258 g/mol. The van der Waals surface area contributed by atoms with E-state index in [-0.39, 0.29) is 18.7 Å². The Morgan fingerprint density at radius 2 is 2.10 bits per heavy atom. The lowest BCUT2D eigenvalue weighted by Gasteiger charge is -2.44. The largest absolute Gasteiger partial charge is 0.453 e. The molecule has 5 heterocycles. The molecule has 3 fully saturated rings. The SMILES string of the molecule is O=C(NC1CN2CCC1CC2)c1cc2c(cn1)OCO2. The highest BCUT2D eigenvalue weighted by molar-refractivity contribution is 5.93. The molecule has 4 aliphatic heterocycles. The summed E-state index contributed by atoms with van der Waals surface area (Å²) in [5, 5.41) is 3.12. The lowest BCUT2D eigenvalue weighted by Crippen LogP contribution is -2.57. The molecule has 3 saturated heterocycles. The Balaban J connectivity index is 1.48. The molecule has 6 nitrogen and oxygen atoms in total. The number of pyridine rings is 1. The zero-order valence-corrected chi connectivity index (χ0v) is 11.2. The number of hydrogen-bond donors (Lipinski definition) is 1. The van der Waals surface area contributed by atoms with Crippen LogP contribution in [-0.2, 0) is 0 Å². The minimum absolute atomic E-state index is 0.123. The van der Waals surface area contributed by atoms with Gasteiger partial charge in [0.25, 0.3) is 5.91 Å². The molecule has 1 amide bonds. The Labute approximate surface area is 117 Å². The molecule has 1 aromatic rings. The molecule has 0 saturated carbocycles. The summed E-state index contributed by atoms with van der Waals surface area (Å²) in [6.07, 6.45) is 3.91. The van der Waals surface area contributed by atoms with E-state index in [2.05, 4.69) is 15.2 Å². The highest BCUT2D eigenvalue weighted by Gasteiger charge is 2.35. The van der Waals surface area contributed by atoms with Crippen LogP contribution >= 0.6 is 0 Å². The van der Waals surface area contributed by atoms with Crippen LogP contribution in [0.5, 0.6) is 11.5 Å². The summed E-state index contributed by atoms with van der Waals surface area (Å²) in [4.78, 5) is 18.9. The van der Waals surface area contributed by atoms with Gasteiger partial charge in [0.2, 0.25) is 6.79 Å². The molecule has 1 aromatic heterocycles. The highest BCUT2D eigenvalue weighted by atomic mass is 16.7. The zero-order chi connectivity index (χ0) is 13.5. The van der Waals surface area contributed by atoms with Gasteiger partial charge in [-0.3, -0.25) is 4.79 Å². The average molecular weight is 275 g/mol. The number of hydrogen-bond acceptors (Lipinski definition) is 5. The van der Waals surface area contributed by atoms with Gasteiger partial charge in [0.05, 0.1) is 6.20 Å². The number of carbonyl (C=O) groups excluding carboxylic acids is 1. The van der Waals surface area contributed by atoms with E-state index in [1.165, 1.54) is 25.9 Å². The molecule has 0 aromatic carbocycles. The Bertz CT molecular complexity index is 540. The lowest BCUT2D eigenvalue weighted by atomic mass is 9.84. The zero-order valence-electron chi connectivity index (χ0n) is 11.2. The van der Waals surface area contributed by atoms with Gasteiger partial charge in [-0.25, -0.2) is 4.98 Å². The van der Waals surface area contributed by atoms with Crippen molar-refractivity contribution < 1.29 is 14.3 Å². The second-order valence-corrected chi connectivity index (χ2v) is 5.64. The van der Waals surface area contributed by atoms with E-state index in [4.69, 9.17) is 9.47 Å². The maximum atomic E-state index is 12.3. The van der Waals surface area contributed by atoms with E-state index >= 15 is 0 Å². The number of rotatable bonds is 2. The third kappa shape index (κ3) is 2.00. The van der Waals surface area contributed by atoms with Crippen LogP contribution in [0.25, 0.3) is 0 Å². The summed E-state index contributed by atoms with van der Waals surface area (Å²) < 4.78 is 10.5. The molecule has 2 bridgehead atoms. The predicted octanol–water partition coefficient (Wildman–Crippen LogP) is 0.634. The summed E-state index contributed by atoms with van der Waals surface area (Å²) in [5.41, 5.74) is 0.394. The fourth-order valence-electron chi connectivity index (χ4n) is 3.30. The van der Waals surface area contributed by atoms with Gasteiger partial charge in [0.1, 0.15) is 5.69 Å². The molecule has 20 heavy (non-hydrogen) atoms. The van der Waals surface area contributed by atoms with Crippen molar-refractivity contribution in [3.05, 3.63) is 18.0 Å². The molecule has 0 radical (unpaired) electrons. The summed E-state index contributed by atoms with van der Waals surface area (Å²) in [7, 11) is 0. The van der Waals surface area contributed by atoms with Crippen LogP contribution in [0.15, 0.2) is 12.3 Å². The first-order valence-corrected chi connectivity index (χ1v) is 7.08. The topological polar surface area (TPSA) is 63.7 Å². The van der Waals surface area contributed by atoms with Gasteiger partial charge in [-0.15, -0.1) is 0 Å². The van der Waals surface area contributed by atoms with Crippen molar-refractivity contribution in [3.8, 4) is 11.5 Å². The van der Waals surface area contributed by atoms with Crippen molar-refractivity contribution >= 4 is 5.91 Å². The van der Waals surface area contributed by atoms with Crippen molar-refractivity contribution in [1.82, 2.24) is 15.2 Å². The molecule has 1 unspecified atom stereocenters. The highest BCUT2D eigenvalue weighted by Crippen LogP contribution is 2.31. The third-order valence-electron chi connectivity index (χ3n) is 4.47. The minimum atomic E-state index is -0.123. The van der Waals surface area contributed by atoms with E-state index in [0.717, 1.165) is 6.54 Å². The fourth-order valence-corrected chi connectivity index (χ4v) is 3.30. The molecule has 4 aliphatic rings. The number of nitrogens with one attached hydrogen (secondary N) is 1. The molecule has 0 spiro atoms. The van der Waals surface area contributed by atoms with Crippen molar-refractivity contribution in [2.45, 2.75) is 18.9 Å². The second-order valence-electron chi connectivity index (χ2n) is 5.64. The molecule has 106 valence electrons. The quantitative estimate of drug-likeness (QED) is 0.858. The molecular formula is C14H17N3O3. The van der Waals surface area contributed by atoms with E-state index in [1.54, 1.807) is 12.3 Å². The Morgan fingerprint density at radius 3 is 2.85 bits per heavy atom. The van der Waals surface area contributed by atoms with Gasteiger partial charge in [-0.1, -0.05) is 0 Å². The van der Waals surface area contributed by atoms with Crippen LogP contribution in [0.2, 0.25) is 0 Å². The molecule has 0 aliphatic carbocycles. The Hall–Kier alpha value is -1.82. The van der Waals surface area contributed by atoms with E-state index in [9.17, 15) is 4.79 Å². The van der Waals surface area contributed by atoms with Crippen LogP contribution < -0.4 is 14.8 Å². The van der Waals surface area contributed by atoms with Gasteiger partial charge >= 0.3 is 0 Å². The van der Waals surface area contributed by atoms with Crippen LogP contribution in [0.4, 0.5) is 0 Å². The van der Waals surface area contributed by atoms with Gasteiger partial charge in [-0.2, -0.15) is 0 Å². The first kappa shape index (κ1) is 12.0. The van der Waals surface area contributed by atoms with E-state index in [1.807, 2.05) is 0 Å². The minimum Gasteiger partial charge on any atom is -0.453 e. The standard InChI is InChI=1S/C14H17N3O3/c18-14(10-5-12-13(6-15-10)20-8-19-12)16-11-7-17-3-1-9(11)2-4-17/h5-6,9,11H,1-4,7-8H2,(H,16,18). The number of aromatic nitrogens is 1. The number of amides is 1. The van der Waals surface area contributed by atoms with Crippen LogP contribution in [0, 0.1) is 5.92 Å². The maximum absolute atomic E-state index is 12.3. The molecule has 6 heteroatoms. The van der Waals surface area contributed by atoms with Crippen molar-refractivity contribution in [2.24, 2.45) is 5.92 Å². The summed E-state index contributed by atoms with van der Waals surface area (Å²) in [5.74, 6) is 1.68. The van der Waals surface area contributed by atoms with Gasteiger partial charge < -0.3 is 19.7 Å². The van der Waals surface area contributed by atoms with Crippen LogP contribution in [0.3, 0.4) is 0 Å². The number of ether oxygens (including phenoxy) is 2. The summed E-state index contributed by atoms with van der Waals surface area (Å²) in [6, 6.07) is 1.90. The number of nitrogens with zero attached hydrogens (tertiary/aromatic N) is 2. The third-order valence-corrected chi connectivity index (χ3v) is 4.47. The first-order valence-electron chi connectivity index (χ1n) is 7.08. The number of fused-ring (bicyclic) bond motifs is 4. The van der Waals surface area contributed by atoms with Gasteiger partial charge in [-0.05, 0) is 31.8 Å². The lowest BCUT2D eigenvalue weighted by molar-refractivity contribution is 0.0617. The van der Waals surface area contributed by atoms with Crippen molar-refractivity contribution in [3.63, 3.8) is 0 Å². The predicted molar refractivity (Wildman–Crippen MR) is 70.8 cm³/mol. The fraction of sp³-hybridized carbons (Fsp3) is 0.571. The van der Waals surface area contributed by atoms with Crippen LogP contribution in [-0.4, -0.2) is 48.3 Å². The van der Waals surface area contributed by atoms with Crippen molar-refractivity contribution in [1.29, 1.82) is 0 Å². The molecule has 1 atom stereocenters. The smallest absolute Gasteiger partial charge is 0.270 e. The van der Waals surface area contributed by atoms with Gasteiger partial charge in [0.15, 0.2) is 11.5 Å². The number of piperidine rings is 3. The Kier molecular flexibility index (Phi) is 2.77. The second kappa shape index (κ2) is 4.63. The maximum Gasteiger partial charge on any atom is 0.270 e. The van der Waals surface area contributed by atoms with Crippen LogP contribution in [0.1, 0.15) is 23.3 Å². The monoisotopic (exact) mass is 275 g/mol. The molecule has 5 rings (SSSR count). The number of carbonyl (C=O) groups is 1. The first-order chi connectivity index (χ1) is 9.79. The average Bonchev–Trinajstić information content (AvgIpc) is 2.96. The summed E-state index contributed by atoms with van der Waals surface area (Å²) >= 11 is 0. The van der Waals surface area contributed by atoms with E-state index < -0.39 is 0 Å². The van der Waals surface area contributed by atoms with E-state index in [0.29, 0.717) is 23.1 Å². The Morgan fingerprint density at radius 1 is 1.30 bits per heavy atom. The van der Waals surface area contributed by atoms with Crippen molar-refractivity contribution in [2.75, 3.05) is 26.4 Å². The molecule has 1 N–H and O–H groups in total. The summed E-state index contributed by atoms with van der Waals surface area (Å²) in [6.45, 7) is 3.49. The normalized spacial score (nSPS) is 30.3. The van der Waals surface area contributed by atoms with Gasteiger partial charge in [0, 0.05) is 18.7 Å².